The predicted molar refractivity (Wildman–Crippen MR) is 168 cm³/mol. The van der Waals surface area contributed by atoms with Crippen LogP contribution in [0.2, 0.25) is 0 Å². The van der Waals surface area contributed by atoms with Crippen molar-refractivity contribution in [1.29, 1.82) is 0 Å². The van der Waals surface area contributed by atoms with E-state index in [4.69, 9.17) is 9.72 Å². The average molecular weight is 615 g/mol. The van der Waals surface area contributed by atoms with E-state index in [9.17, 15) is 14.4 Å². The third-order valence-corrected chi connectivity index (χ3v) is 7.50. The summed E-state index contributed by atoms with van der Waals surface area (Å²) >= 11 is 0. The van der Waals surface area contributed by atoms with E-state index in [1.807, 2.05) is 42.0 Å². The monoisotopic (exact) mass is 614 g/mol. The number of pyridine rings is 1. The minimum Gasteiger partial charge on any atom is -0.382 e. The Morgan fingerprint density at radius 2 is 1.82 bits per heavy atom. The Kier molecular flexibility index (Phi) is 9.92. The van der Waals surface area contributed by atoms with Gasteiger partial charge in [0.1, 0.15) is 30.3 Å². The molecule has 0 aromatic carbocycles. The standard InChI is InChI=1S/C23H28N8O4.C8H10N2/c1-29(2)22(34)10-31(14-33)19-6-16(15-4-5-15)8-30-9-17(28-23(19)30)18(11-35-3)27-21-7-20(26-13-32)24-12-25-21;1-6-4-5-9-8(10-6)7-2-3-7/h6-9,12-15,18H,4-5,10-11H2,1-3H3,(H2,24,25,26,27,32);4-5,7H,2-3H2,1H3. The zero-order valence-corrected chi connectivity index (χ0v) is 25.9. The molecule has 14 nitrogen and oxygen atoms in total. The fourth-order valence-corrected chi connectivity index (χ4v) is 4.73. The molecule has 45 heavy (non-hydrogen) atoms. The summed E-state index contributed by atoms with van der Waals surface area (Å²) in [4.78, 5) is 59.5. The van der Waals surface area contributed by atoms with E-state index in [1.54, 1.807) is 27.3 Å². The van der Waals surface area contributed by atoms with Crippen LogP contribution in [0.25, 0.3) is 5.65 Å². The van der Waals surface area contributed by atoms with Crippen molar-refractivity contribution in [1.82, 2.24) is 34.2 Å². The molecule has 2 aliphatic carbocycles. The molecular formula is C31H38N10O4. The van der Waals surface area contributed by atoms with Crippen molar-refractivity contribution < 1.29 is 19.1 Å². The summed E-state index contributed by atoms with van der Waals surface area (Å²) in [7, 11) is 4.89. The van der Waals surface area contributed by atoms with E-state index >= 15 is 0 Å². The summed E-state index contributed by atoms with van der Waals surface area (Å²) in [5.74, 6) is 2.79. The quantitative estimate of drug-likeness (QED) is 0.214. The highest BCUT2D eigenvalue weighted by atomic mass is 16.5. The Hall–Kier alpha value is -4.98. The van der Waals surface area contributed by atoms with Crippen LogP contribution in [0.5, 0.6) is 0 Å². The fourth-order valence-electron chi connectivity index (χ4n) is 4.73. The third kappa shape index (κ3) is 8.15. The number of amides is 3. The summed E-state index contributed by atoms with van der Waals surface area (Å²) in [6.45, 7) is 2.20. The number of methoxy groups -OCH3 is 1. The lowest BCUT2D eigenvalue weighted by molar-refractivity contribution is -0.128. The Bertz CT molecular complexity index is 1650. The third-order valence-electron chi connectivity index (χ3n) is 7.50. The zero-order chi connectivity index (χ0) is 31.9. The molecule has 0 aliphatic heterocycles. The van der Waals surface area contributed by atoms with Crippen LogP contribution < -0.4 is 15.5 Å². The SMILES string of the molecule is COCC(Nc1cc(NC=O)ncn1)c1cn2cc(C3CC3)cc(N(C=O)CC(=O)N(C)C)c2n1.Cc1ccnc(C2CC2)n1. The molecule has 4 aromatic rings. The minimum absolute atomic E-state index is 0.0876. The van der Waals surface area contributed by atoms with Crippen LogP contribution in [-0.4, -0.2) is 87.3 Å². The summed E-state index contributed by atoms with van der Waals surface area (Å²) in [5.41, 5.74) is 3.96. The molecule has 3 amide bonds. The van der Waals surface area contributed by atoms with Gasteiger partial charge in [-0.1, -0.05) is 0 Å². The molecule has 4 heterocycles. The van der Waals surface area contributed by atoms with Crippen molar-refractivity contribution in [2.24, 2.45) is 0 Å². The number of nitrogens with one attached hydrogen (secondary N) is 2. The first-order valence-corrected chi connectivity index (χ1v) is 14.8. The topological polar surface area (TPSA) is 160 Å². The van der Waals surface area contributed by atoms with Gasteiger partial charge in [-0.3, -0.25) is 14.4 Å². The van der Waals surface area contributed by atoms with Crippen LogP contribution in [0.4, 0.5) is 17.3 Å². The van der Waals surface area contributed by atoms with Crippen LogP contribution in [0.15, 0.2) is 43.1 Å². The molecule has 4 aromatic heterocycles. The van der Waals surface area contributed by atoms with Crippen LogP contribution in [0.3, 0.4) is 0 Å². The highest BCUT2D eigenvalue weighted by Gasteiger charge is 2.28. The molecule has 0 radical (unpaired) electrons. The van der Waals surface area contributed by atoms with Crippen LogP contribution in [-0.2, 0) is 19.1 Å². The largest absolute Gasteiger partial charge is 0.382 e. The second-order valence-electron chi connectivity index (χ2n) is 11.4. The molecule has 14 heteroatoms. The summed E-state index contributed by atoms with van der Waals surface area (Å²) in [5, 5.41) is 5.76. The molecule has 1 atom stereocenters. The van der Waals surface area contributed by atoms with Crippen molar-refractivity contribution in [3.05, 3.63) is 65.9 Å². The van der Waals surface area contributed by atoms with E-state index in [0.717, 1.165) is 29.9 Å². The first-order valence-electron chi connectivity index (χ1n) is 14.8. The van der Waals surface area contributed by atoms with Crippen molar-refractivity contribution in [2.75, 3.05) is 49.9 Å². The lowest BCUT2D eigenvalue weighted by atomic mass is 10.1. The van der Waals surface area contributed by atoms with Crippen molar-refractivity contribution in [2.45, 2.75) is 50.5 Å². The van der Waals surface area contributed by atoms with Gasteiger partial charge in [0.15, 0.2) is 5.65 Å². The minimum atomic E-state index is -0.385. The van der Waals surface area contributed by atoms with Crippen molar-refractivity contribution >= 4 is 41.7 Å². The lowest BCUT2D eigenvalue weighted by Gasteiger charge is -2.21. The summed E-state index contributed by atoms with van der Waals surface area (Å²) in [6.07, 6.45) is 13.0. The average Bonchev–Trinajstić information content (AvgIpc) is 3.97. The number of carbonyl (C=O) groups is 3. The number of imidazole rings is 1. The first kappa shape index (κ1) is 31.4. The zero-order valence-electron chi connectivity index (χ0n) is 25.9. The number of hydrogen-bond donors (Lipinski definition) is 2. The number of nitrogens with zero attached hydrogens (tertiary/aromatic N) is 8. The number of fused-ring (bicyclic) bond motifs is 1. The molecule has 2 saturated carbocycles. The Morgan fingerprint density at radius 1 is 1.07 bits per heavy atom. The number of hydrogen-bond acceptors (Lipinski definition) is 10. The molecule has 0 spiro atoms. The maximum absolute atomic E-state index is 12.4. The normalized spacial score (nSPS) is 14.6. The lowest BCUT2D eigenvalue weighted by Crippen LogP contribution is -2.36. The molecule has 236 valence electrons. The molecule has 2 fully saturated rings. The van der Waals surface area contributed by atoms with Gasteiger partial charge in [-0.2, -0.15) is 0 Å². The molecular weight excluding hydrogens is 576 g/mol. The Balaban J connectivity index is 0.000000336. The highest BCUT2D eigenvalue weighted by molar-refractivity contribution is 5.92. The van der Waals surface area contributed by atoms with Gasteiger partial charge in [0.25, 0.3) is 0 Å². The number of aryl methyl sites for hydroxylation is 1. The number of aromatic nitrogens is 6. The molecule has 1 unspecified atom stereocenters. The summed E-state index contributed by atoms with van der Waals surface area (Å²) in [6, 6.07) is 5.10. The maximum Gasteiger partial charge on any atom is 0.242 e. The smallest absolute Gasteiger partial charge is 0.242 e. The molecule has 2 aliphatic rings. The second kappa shape index (κ2) is 14.2. The molecule has 6 rings (SSSR count). The van der Waals surface area contributed by atoms with Crippen LogP contribution >= 0.6 is 0 Å². The van der Waals surface area contributed by atoms with Crippen molar-refractivity contribution in [3.8, 4) is 0 Å². The van der Waals surface area contributed by atoms with E-state index in [1.165, 1.54) is 29.0 Å². The van der Waals surface area contributed by atoms with E-state index in [-0.39, 0.29) is 25.1 Å². The van der Waals surface area contributed by atoms with E-state index < -0.39 is 0 Å². The maximum atomic E-state index is 12.4. The summed E-state index contributed by atoms with van der Waals surface area (Å²) < 4.78 is 7.30. The number of rotatable bonds is 13. The fraction of sp³-hybridized carbons (Fsp3) is 0.419. The molecule has 0 saturated heterocycles. The van der Waals surface area contributed by atoms with Crippen LogP contribution in [0, 0.1) is 6.92 Å². The van der Waals surface area contributed by atoms with Gasteiger partial charge >= 0.3 is 0 Å². The number of anilines is 3. The molecule has 2 N–H and O–H groups in total. The predicted octanol–water partition coefficient (Wildman–Crippen LogP) is 3.08. The first-order chi connectivity index (χ1) is 21.8. The Morgan fingerprint density at radius 3 is 2.47 bits per heavy atom. The highest BCUT2D eigenvalue weighted by Crippen LogP contribution is 2.42. The van der Waals surface area contributed by atoms with Gasteiger partial charge in [0.05, 0.1) is 24.0 Å². The number of carbonyl (C=O) groups excluding carboxylic acids is 3. The number of likely N-dealkylation sites (N-methyl/N-ethyl adjacent to an activating group) is 1. The molecule has 0 bridgehead atoms. The number of ether oxygens (including phenoxy) is 1. The van der Waals surface area contributed by atoms with Gasteiger partial charge in [0, 0.05) is 57.5 Å². The van der Waals surface area contributed by atoms with Gasteiger partial charge in [0.2, 0.25) is 18.7 Å². The van der Waals surface area contributed by atoms with Gasteiger partial charge in [-0.25, -0.2) is 24.9 Å². The van der Waals surface area contributed by atoms with Gasteiger partial charge in [-0.15, -0.1) is 0 Å². The second-order valence-corrected chi connectivity index (χ2v) is 11.4. The van der Waals surface area contributed by atoms with Gasteiger partial charge < -0.3 is 29.6 Å². The van der Waals surface area contributed by atoms with E-state index in [0.29, 0.717) is 53.3 Å². The Labute approximate surface area is 261 Å². The van der Waals surface area contributed by atoms with Crippen molar-refractivity contribution in [3.63, 3.8) is 0 Å². The van der Waals surface area contributed by atoms with Gasteiger partial charge in [-0.05, 0) is 56.2 Å². The van der Waals surface area contributed by atoms with Crippen LogP contribution in [0.1, 0.15) is 66.3 Å². The van der Waals surface area contributed by atoms with E-state index in [2.05, 4.69) is 30.6 Å².